The number of carbonyl (C=O) groups excluding carboxylic acids is 1. The number of likely N-dealkylation sites (N-methyl/N-ethyl adjacent to an activating group) is 1. The lowest BCUT2D eigenvalue weighted by Crippen LogP contribution is -2.38. The highest BCUT2D eigenvalue weighted by atomic mass is 16.5. The molecule has 4 heteroatoms. The van der Waals surface area contributed by atoms with Gasteiger partial charge in [-0.05, 0) is 19.4 Å². The Labute approximate surface area is 79.0 Å². The van der Waals surface area contributed by atoms with Gasteiger partial charge in [0.15, 0.2) is 0 Å². The van der Waals surface area contributed by atoms with Crippen molar-refractivity contribution in [1.29, 1.82) is 0 Å². The van der Waals surface area contributed by atoms with Crippen LogP contribution in [-0.2, 0) is 9.53 Å². The zero-order valence-electron chi connectivity index (χ0n) is 8.14. The van der Waals surface area contributed by atoms with Crippen LogP contribution < -0.4 is 10.6 Å². The molecule has 0 radical (unpaired) electrons. The fourth-order valence-electron chi connectivity index (χ4n) is 1.43. The summed E-state index contributed by atoms with van der Waals surface area (Å²) in [5.74, 6) is -0.0594. The average Bonchev–Trinajstić information content (AvgIpc) is 2.19. The quantitative estimate of drug-likeness (QED) is 0.644. The highest BCUT2D eigenvalue weighted by molar-refractivity contribution is 5.76. The van der Waals surface area contributed by atoms with E-state index in [0.29, 0.717) is 12.6 Å². The number of carbonyl (C=O) groups is 1. The average molecular weight is 186 g/mol. The molecular weight excluding hydrogens is 168 g/mol. The fraction of sp³-hybridized carbons (Fsp3) is 0.889. The summed E-state index contributed by atoms with van der Waals surface area (Å²) < 4.78 is 5.25. The summed E-state index contributed by atoms with van der Waals surface area (Å²) in [5.41, 5.74) is 0. The summed E-state index contributed by atoms with van der Waals surface area (Å²) in [6.45, 7) is 1.90. The van der Waals surface area contributed by atoms with Crippen LogP contribution in [0.4, 0.5) is 0 Å². The normalized spacial score (nSPS) is 22.7. The number of hydrogen-bond acceptors (Lipinski definition) is 3. The molecule has 1 heterocycles. The molecule has 0 aromatic heterocycles. The van der Waals surface area contributed by atoms with Crippen molar-refractivity contribution in [1.82, 2.24) is 10.6 Å². The lowest BCUT2D eigenvalue weighted by molar-refractivity contribution is -0.125. The molecule has 1 unspecified atom stereocenters. The van der Waals surface area contributed by atoms with Gasteiger partial charge in [-0.1, -0.05) is 6.42 Å². The van der Waals surface area contributed by atoms with Gasteiger partial charge in [0.2, 0.25) is 5.91 Å². The van der Waals surface area contributed by atoms with E-state index < -0.39 is 0 Å². The van der Waals surface area contributed by atoms with E-state index in [1.165, 1.54) is 12.8 Å². The Morgan fingerprint density at radius 2 is 2.46 bits per heavy atom. The predicted molar refractivity (Wildman–Crippen MR) is 50.5 cm³/mol. The first-order valence-electron chi connectivity index (χ1n) is 4.84. The number of piperidine rings is 1. The Hall–Kier alpha value is -0.610. The van der Waals surface area contributed by atoms with E-state index >= 15 is 0 Å². The monoisotopic (exact) mass is 186 g/mol. The van der Waals surface area contributed by atoms with Crippen LogP contribution in [0, 0.1) is 0 Å². The van der Waals surface area contributed by atoms with Crippen molar-refractivity contribution >= 4 is 5.91 Å². The Morgan fingerprint density at radius 1 is 1.62 bits per heavy atom. The van der Waals surface area contributed by atoms with Crippen LogP contribution in [-0.4, -0.2) is 38.8 Å². The molecule has 1 atom stereocenters. The summed E-state index contributed by atoms with van der Waals surface area (Å²) in [5, 5.41) is 5.87. The predicted octanol–water partition coefficient (Wildman–Crippen LogP) is -0.109. The van der Waals surface area contributed by atoms with Crippen molar-refractivity contribution < 1.29 is 9.53 Å². The van der Waals surface area contributed by atoms with Gasteiger partial charge in [-0.25, -0.2) is 0 Å². The van der Waals surface area contributed by atoms with Gasteiger partial charge in [-0.2, -0.15) is 0 Å². The van der Waals surface area contributed by atoms with Crippen LogP contribution >= 0.6 is 0 Å². The topological polar surface area (TPSA) is 50.4 Å². The minimum atomic E-state index is -0.0594. The molecule has 0 aromatic carbocycles. The highest BCUT2D eigenvalue weighted by Crippen LogP contribution is 2.06. The van der Waals surface area contributed by atoms with Crippen molar-refractivity contribution in [3.8, 4) is 0 Å². The van der Waals surface area contributed by atoms with Gasteiger partial charge in [0, 0.05) is 13.1 Å². The minimum Gasteiger partial charge on any atom is -0.370 e. The molecule has 1 amide bonds. The SMILES string of the molecule is CNC(=O)COCC1CCCCN1. The zero-order chi connectivity index (χ0) is 9.52. The third-order valence-electron chi connectivity index (χ3n) is 2.24. The molecule has 2 N–H and O–H groups in total. The van der Waals surface area contributed by atoms with Crippen molar-refractivity contribution in [3.63, 3.8) is 0 Å². The van der Waals surface area contributed by atoms with Gasteiger partial charge in [-0.15, -0.1) is 0 Å². The Balaban J connectivity index is 2.01. The largest absolute Gasteiger partial charge is 0.370 e. The molecule has 1 aliphatic heterocycles. The van der Waals surface area contributed by atoms with Crippen molar-refractivity contribution in [2.24, 2.45) is 0 Å². The maximum absolute atomic E-state index is 10.8. The Kier molecular flexibility index (Phi) is 4.78. The summed E-state index contributed by atoms with van der Waals surface area (Å²) in [6.07, 6.45) is 3.68. The van der Waals surface area contributed by atoms with E-state index in [1.54, 1.807) is 7.05 Å². The molecule has 1 fully saturated rings. The lowest BCUT2D eigenvalue weighted by atomic mass is 10.1. The summed E-state index contributed by atoms with van der Waals surface area (Å²) in [7, 11) is 1.62. The molecule has 76 valence electrons. The molecule has 1 rings (SSSR count). The van der Waals surface area contributed by atoms with Gasteiger partial charge >= 0.3 is 0 Å². The first-order valence-corrected chi connectivity index (χ1v) is 4.84. The highest BCUT2D eigenvalue weighted by Gasteiger charge is 2.12. The third-order valence-corrected chi connectivity index (χ3v) is 2.24. The second-order valence-electron chi connectivity index (χ2n) is 3.34. The van der Waals surface area contributed by atoms with E-state index in [4.69, 9.17) is 4.74 Å². The number of rotatable bonds is 4. The van der Waals surface area contributed by atoms with Gasteiger partial charge in [0.05, 0.1) is 6.61 Å². The zero-order valence-corrected chi connectivity index (χ0v) is 8.14. The van der Waals surface area contributed by atoms with Crippen LogP contribution in [0.25, 0.3) is 0 Å². The Morgan fingerprint density at radius 3 is 3.08 bits per heavy atom. The van der Waals surface area contributed by atoms with Gasteiger partial charge in [0.25, 0.3) is 0 Å². The van der Waals surface area contributed by atoms with Crippen LogP contribution in [0.1, 0.15) is 19.3 Å². The molecule has 1 saturated heterocycles. The maximum atomic E-state index is 10.8. The smallest absolute Gasteiger partial charge is 0.245 e. The van der Waals surface area contributed by atoms with Crippen molar-refractivity contribution in [2.45, 2.75) is 25.3 Å². The van der Waals surface area contributed by atoms with E-state index in [2.05, 4.69) is 10.6 Å². The summed E-state index contributed by atoms with van der Waals surface area (Å²) in [6, 6.07) is 0.443. The number of nitrogens with one attached hydrogen (secondary N) is 2. The minimum absolute atomic E-state index is 0.0594. The molecular formula is C9H18N2O2. The molecule has 4 nitrogen and oxygen atoms in total. The molecule has 1 aliphatic rings. The second-order valence-corrected chi connectivity index (χ2v) is 3.34. The molecule has 0 aliphatic carbocycles. The summed E-state index contributed by atoms with van der Waals surface area (Å²) >= 11 is 0. The van der Waals surface area contributed by atoms with Crippen LogP contribution in [0.15, 0.2) is 0 Å². The van der Waals surface area contributed by atoms with Gasteiger partial charge in [0.1, 0.15) is 6.61 Å². The van der Waals surface area contributed by atoms with Gasteiger partial charge in [-0.3, -0.25) is 4.79 Å². The second kappa shape index (κ2) is 5.94. The molecule has 0 saturated carbocycles. The third kappa shape index (κ3) is 4.24. The van der Waals surface area contributed by atoms with Crippen LogP contribution in [0.5, 0.6) is 0 Å². The summed E-state index contributed by atoms with van der Waals surface area (Å²) in [4.78, 5) is 10.8. The van der Waals surface area contributed by atoms with Gasteiger partial charge < -0.3 is 15.4 Å². The van der Waals surface area contributed by atoms with E-state index in [1.807, 2.05) is 0 Å². The maximum Gasteiger partial charge on any atom is 0.245 e. The standard InChI is InChI=1S/C9H18N2O2/c1-10-9(12)7-13-6-8-4-2-3-5-11-8/h8,11H,2-7H2,1H3,(H,10,12). The number of hydrogen-bond donors (Lipinski definition) is 2. The van der Waals surface area contributed by atoms with Crippen molar-refractivity contribution in [2.75, 3.05) is 26.8 Å². The number of ether oxygens (including phenoxy) is 1. The molecule has 13 heavy (non-hydrogen) atoms. The van der Waals surface area contributed by atoms with E-state index in [0.717, 1.165) is 13.0 Å². The molecule has 0 aromatic rings. The Bertz CT molecular complexity index is 156. The molecule has 0 spiro atoms. The van der Waals surface area contributed by atoms with E-state index in [9.17, 15) is 4.79 Å². The number of amides is 1. The lowest BCUT2D eigenvalue weighted by Gasteiger charge is -2.22. The first kappa shape index (κ1) is 10.5. The fourth-order valence-corrected chi connectivity index (χ4v) is 1.43. The molecule has 0 bridgehead atoms. The van der Waals surface area contributed by atoms with Crippen molar-refractivity contribution in [3.05, 3.63) is 0 Å². The van der Waals surface area contributed by atoms with Crippen LogP contribution in [0.2, 0.25) is 0 Å². The first-order chi connectivity index (χ1) is 6.33. The van der Waals surface area contributed by atoms with E-state index in [-0.39, 0.29) is 12.5 Å². The van der Waals surface area contributed by atoms with Crippen LogP contribution in [0.3, 0.4) is 0 Å².